The average Bonchev–Trinajstić information content (AvgIpc) is 2.75. The van der Waals surface area contributed by atoms with Gasteiger partial charge in [-0.05, 0) is 16.4 Å². The third-order valence-corrected chi connectivity index (χ3v) is 9.91. The molecule has 0 saturated carbocycles. The molecule has 2 nitrogen and oxygen atoms in total. The van der Waals surface area contributed by atoms with Crippen LogP contribution in [0.4, 0.5) is 0 Å². The van der Waals surface area contributed by atoms with Crippen molar-refractivity contribution < 1.29 is 9.22 Å². The van der Waals surface area contributed by atoms with Crippen LogP contribution < -0.4 is 10.4 Å². The third kappa shape index (κ3) is 7.81. The number of hydrogen-bond donors (Lipinski definition) is 0. The summed E-state index contributed by atoms with van der Waals surface area (Å²) in [6, 6.07) is 21.8. The van der Waals surface area contributed by atoms with E-state index in [1.807, 2.05) is 12.1 Å². The Bertz CT molecular complexity index is 645. The minimum Gasteiger partial charge on any atom is -0.510 e. The van der Waals surface area contributed by atoms with Crippen molar-refractivity contribution in [2.75, 3.05) is 0 Å². The van der Waals surface area contributed by atoms with Gasteiger partial charge < -0.3 is 4.43 Å². The van der Waals surface area contributed by atoms with Gasteiger partial charge in [0, 0.05) is 6.92 Å². The van der Waals surface area contributed by atoms with Crippen molar-refractivity contribution in [2.45, 2.75) is 84.1 Å². The molecule has 158 valence electrons. The lowest BCUT2D eigenvalue weighted by atomic mass is 10.1. The molecule has 0 N–H and O–H groups in total. The second-order valence-corrected chi connectivity index (χ2v) is 11.6. The Hall–Kier alpha value is -1.87. The molecule has 29 heavy (non-hydrogen) atoms. The summed E-state index contributed by atoms with van der Waals surface area (Å²) in [6.07, 6.45) is 13.1. The minimum atomic E-state index is -2.55. The van der Waals surface area contributed by atoms with Crippen LogP contribution in [0.25, 0.3) is 0 Å². The Morgan fingerprint density at radius 1 is 0.690 bits per heavy atom. The fraction of sp³-hybridized carbons (Fsp3) is 0.500. The maximum Gasteiger partial charge on any atom is 0.318 e. The third-order valence-electron chi connectivity index (χ3n) is 5.68. The van der Waals surface area contributed by atoms with E-state index in [9.17, 15) is 4.79 Å². The summed E-state index contributed by atoms with van der Waals surface area (Å²) in [7, 11) is -2.55. The van der Waals surface area contributed by atoms with E-state index in [0.717, 1.165) is 12.5 Å². The summed E-state index contributed by atoms with van der Waals surface area (Å²) >= 11 is 0. The van der Waals surface area contributed by atoms with Gasteiger partial charge in [-0.15, -0.1) is 0 Å². The number of benzene rings is 2. The van der Waals surface area contributed by atoms with Crippen LogP contribution in [0.5, 0.6) is 0 Å². The largest absolute Gasteiger partial charge is 0.510 e. The van der Waals surface area contributed by atoms with E-state index in [1.54, 1.807) is 6.92 Å². The number of carbonyl (C=O) groups is 1. The molecule has 0 spiro atoms. The van der Waals surface area contributed by atoms with E-state index in [-0.39, 0.29) is 5.97 Å². The zero-order valence-electron chi connectivity index (χ0n) is 18.4. The SMILES string of the molecule is CCCCCCCCCCCC[Si](OC(C)=O)(c1ccccc1)c1ccccc1. The van der Waals surface area contributed by atoms with Gasteiger partial charge in [0.15, 0.2) is 0 Å². The highest BCUT2D eigenvalue weighted by molar-refractivity contribution is 6.98. The molecular formula is C26H38O2Si. The quantitative estimate of drug-likeness (QED) is 0.272. The van der Waals surface area contributed by atoms with Crippen molar-refractivity contribution in [1.82, 2.24) is 0 Å². The van der Waals surface area contributed by atoms with Crippen molar-refractivity contribution in [2.24, 2.45) is 0 Å². The van der Waals surface area contributed by atoms with Crippen molar-refractivity contribution in [1.29, 1.82) is 0 Å². The Labute approximate surface area is 178 Å². The van der Waals surface area contributed by atoms with Gasteiger partial charge >= 0.3 is 8.32 Å². The molecule has 2 rings (SSSR count). The highest BCUT2D eigenvalue weighted by Crippen LogP contribution is 2.19. The zero-order valence-corrected chi connectivity index (χ0v) is 19.4. The van der Waals surface area contributed by atoms with Crippen LogP contribution in [-0.2, 0) is 9.22 Å². The van der Waals surface area contributed by atoms with E-state index < -0.39 is 8.32 Å². The molecule has 0 aliphatic heterocycles. The number of hydrogen-bond acceptors (Lipinski definition) is 2. The van der Waals surface area contributed by atoms with Crippen LogP contribution in [-0.4, -0.2) is 14.3 Å². The Balaban J connectivity index is 1.97. The van der Waals surface area contributed by atoms with Crippen LogP contribution in [0.15, 0.2) is 60.7 Å². The molecule has 3 heteroatoms. The first kappa shape index (κ1) is 23.4. The number of rotatable bonds is 14. The van der Waals surface area contributed by atoms with Crippen LogP contribution in [0.2, 0.25) is 6.04 Å². The van der Waals surface area contributed by atoms with Gasteiger partial charge in [-0.1, -0.05) is 132 Å². The second kappa shape index (κ2) is 13.4. The molecule has 0 fully saturated rings. The lowest BCUT2D eigenvalue weighted by Gasteiger charge is -2.31. The summed E-state index contributed by atoms with van der Waals surface area (Å²) in [5.41, 5.74) is 0. The second-order valence-electron chi connectivity index (χ2n) is 8.08. The average molecular weight is 411 g/mol. The first-order valence-electron chi connectivity index (χ1n) is 11.5. The van der Waals surface area contributed by atoms with Gasteiger partial charge in [-0.25, -0.2) is 0 Å². The van der Waals surface area contributed by atoms with Crippen LogP contribution in [0.1, 0.15) is 78.1 Å². The topological polar surface area (TPSA) is 26.3 Å². The monoisotopic (exact) mass is 410 g/mol. The predicted octanol–water partition coefficient (Wildman–Crippen LogP) is 6.23. The van der Waals surface area contributed by atoms with Crippen LogP contribution in [0, 0.1) is 0 Å². The molecular weight excluding hydrogens is 372 g/mol. The fourth-order valence-electron chi connectivity index (χ4n) is 4.15. The maximum absolute atomic E-state index is 12.1. The van der Waals surface area contributed by atoms with Gasteiger partial charge in [-0.2, -0.15) is 0 Å². The number of unbranched alkanes of at least 4 members (excludes halogenated alkanes) is 9. The summed E-state index contributed by atoms with van der Waals surface area (Å²) in [5, 5.41) is 2.38. The Morgan fingerprint density at radius 2 is 1.10 bits per heavy atom. The first-order chi connectivity index (χ1) is 14.2. The van der Waals surface area contributed by atoms with Gasteiger partial charge in [0.1, 0.15) is 0 Å². The lowest BCUT2D eigenvalue weighted by Crippen LogP contribution is -2.61. The Kier molecular flexibility index (Phi) is 10.8. The van der Waals surface area contributed by atoms with Gasteiger partial charge in [0.2, 0.25) is 0 Å². The highest BCUT2D eigenvalue weighted by atomic mass is 28.4. The van der Waals surface area contributed by atoms with Gasteiger partial charge in [-0.3, -0.25) is 4.79 Å². The molecule has 0 unspecified atom stereocenters. The van der Waals surface area contributed by atoms with Crippen LogP contribution >= 0.6 is 0 Å². The van der Waals surface area contributed by atoms with E-state index in [2.05, 4.69) is 55.5 Å². The van der Waals surface area contributed by atoms with Crippen LogP contribution in [0.3, 0.4) is 0 Å². The predicted molar refractivity (Wildman–Crippen MR) is 126 cm³/mol. The van der Waals surface area contributed by atoms with E-state index in [0.29, 0.717) is 0 Å². The zero-order chi connectivity index (χ0) is 20.8. The molecule has 0 radical (unpaired) electrons. The van der Waals surface area contributed by atoms with Crippen molar-refractivity contribution >= 4 is 24.7 Å². The normalized spacial score (nSPS) is 11.4. The van der Waals surface area contributed by atoms with E-state index >= 15 is 0 Å². The van der Waals surface area contributed by atoms with E-state index in [1.165, 1.54) is 68.2 Å². The Morgan fingerprint density at radius 3 is 1.52 bits per heavy atom. The minimum absolute atomic E-state index is 0.170. The van der Waals surface area contributed by atoms with Crippen molar-refractivity contribution in [3.05, 3.63) is 60.7 Å². The lowest BCUT2D eigenvalue weighted by molar-refractivity contribution is -0.132. The molecule has 0 aliphatic rings. The molecule has 0 aromatic heterocycles. The van der Waals surface area contributed by atoms with Gasteiger partial charge in [0.25, 0.3) is 5.97 Å². The fourth-order valence-corrected chi connectivity index (χ4v) is 8.09. The molecule has 0 saturated heterocycles. The molecule has 0 amide bonds. The van der Waals surface area contributed by atoms with E-state index in [4.69, 9.17) is 4.43 Å². The summed E-state index contributed by atoms with van der Waals surface area (Å²) in [5.74, 6) is -0.170. The summed E-state index contributed by atoms with van der Waals surface area (Å²) < 4.78 is 6.19. The molecule has 2 aromatic rings. The number of carbonyl (C=O) groups excluding carboxylic acids is 1. The highest BCUT2D eigenvalue weighted by Gasteiger charge is 2.41. The summed E-state index contributed by atoms with van der Waals surface area (Å²) in [4.78, 5) is 12.1. The molecule has 0 bridgehead atoms. The smallest absolute Gasteiger partial charge is 0.318 e. The molecule has 2 aromatic carbocycles. The van der Waals surface area contributed by atoms with Crippen molar-refractivity contribution in [3.8, 4) is 0 Å². The van der Waals surface area contributed by atoms with Gasteiger partial charge in [0.05, 0.1) is 0 Å². The standard InChI is InChI=1S/C26H38O2Si/c1-3-4-5-6-7-8-9-10-11-18-23-29(28-24(2)27,25-19-14-12-15-20-25)26-21-16-13-17-22-26/h12-17,19-22H,3-11,18,23H2,1-2H3. The van der Waals surface area contributed by atoms with Crippen molar-refractivity contribution in [3.63, 3.8) is 0 Å². The molecule has 0 atom stereocenters. The molecule has 0 aliphatic carbocycles. The summed E-state index contributed by atoms with van der Waals surface area (Å²) in [6.45, 7) is 3.82. The molecule has 0 heterocycles. The maximum atomic E-state index is 12.1. The first-order valence-corrected chi connectivity index (χ1v) is 13.6.